The first-order chi connectivity index (χ1) is 9.25. The number of hydrogen-bond acceptors (Lipinski definition) is 5. The van der Waals surface area contributed by atoms with Crippen molar-refractivity contribution in [2.24, 2.45) is 0 Å². The Bertz CT molecular complexity index is 600. The number of benzene rings is 1. The second kappa shape index (κ2) is 5.46. The van der Waals surface area contributed by atoms with Gasteiger partial charge < -0.3 is 10.6 Å². The first-order valence-electron chi connectivity index (χ1n) is 6.47. The van der Waals surface area contributed by atoms with Gasteiger partial charge in [0.1, 0.15) is 4.90 Å². The predicted octanol–water partition coefficient (Wildman–Crippen LogP) is 1.51. The molecule has 0 aliphatic carbocycles. The van der Waals surface area contributed by atoms with Crippen LogP contribution in [-0.4, -0.2) is 39.1 Å². The van der Waals surface area contributed by atoms with Crippen LogP contribution in [0.1, 0.15) is 13.8 Å². The van der Waals surface area contributed by atoms with Crippen molar-refractivity contribution in [1.82, 2.24) is 4.72 Å². The second-order valence-electron chi connectivity index (χ2n) is 5.46. The molecule has 1 saturated heterocycles. The monoisotopic (exact) mass is 315 g/mol. The lowest BCUT2D eigenvalue weighted by molar-refractivity contribution is 0.586. The Morgan fingerprint density at radius 1 is 1.40 bits per heavy atom. The highest BCUT2D eigenvalue weighted by molar-refractivity contribution is 8.00. The first-order valence-corrected chi connectivity index (χ1v) is 8.94. The number of thioether (sulfide) groups is 1. The molecule has 1 aromatic carbocycles. The topological polar surface area (TPSA) is 75.4 Å². The molecular weight excluding hydrogens is 294 g/mol. The van der Waals surface area contributed by atoms with E-state index in [1.807, 2.05) is 11.8 Å². The van der Waals surface area contributed by atoms with Crippen LogP contribution in [0.15, 0.2) is 23.1 Å². The molecular formula is C13H21N3O2S2. The van der Waals surface area contributed by atoms with E-state index in [-0.39, 0.29) is 9.64 Å². The number of nitrogen functional groups attached to an aromatic ring is 1. The number of nitrogens with zero attached hydrogens (tertiary/aromatic N) is 1. The highest BCUT2D eigenvalue weighted by Gasteiger charge is 2.30. The Kier molecular flexibility index (Phi) is 4.22. The molecule has 1 aliphatic heterocycles. The lowest BCUT2D eigenvalue weighted by Crippen LogP contribution is -2.43. The van der Waals surface area contributed by atoms with E-state index in [4.69, 9.17) is 5.73 Å². The third-order valence-electron chi connectivity index (χ3n) is 3.31. The van der Waals surface area contributed by atoms with Crippen LogP contribution in [0.2, 0.25) is 0 Å². The Morgan fingerprint density at radius 2 is 2.10 bits per heavy atom. The zero-order chi connectivity index (χ0) is 15.0. The van der Waals surface area contributed by atoms with Crippen LogP contribution >= 0.6 is 11.8 Å². The van der Waals surface area contributed by atoms with E-state index in [0.717, 1.165) is 24.5 Å². The van der Waals surface area contributed by atoms with Gasteiger partial charge in [0.2, 0.25) is 10.0 Å². The summed E-state index contributed by atoms with van der Waals surface area (Å²) in [5.74, 6) is 0.983. The molecule has 3 N–H and O–H groups in total. The van der Waals surface area contributed by atoms with Crippen LogP contribution in [0.5, 0.6) is 0 Å². The summed E-state index contributed by atoms with van der Waals surface area (Å²) >= 11 is 1.91. The molecule has 0 spiro atoms. The van der Waals surface area contributed by atoms with Gasteiger partial charge in [-0.15, -0.1) is 0 Å². The highest BCUT2D eigenvalue weighted by atomic mass is 32.2. The fourth-order valence-electron chi connectivity index (χ4n) is 2.34. The fraction of sp³-hybridized carbons (Fsp3) is 0.538. The number of nitrogens with one attached hydrogen (secondary N) is 1. The van der Waals surface area contributed by atoms with Crippen molar-refractivity contribution in [2.75, 3.05) is 36.5 Å². The predicted molar refractivity (Wildman–Crippen MR) is 85.8 cm³/mol. The molecule has 0 saturated carbocycles. The van der Waals surface area contributed by atoms with Crippen LogP contribution in [0.3, 0.4) is 0 Å². The molecule has 112 valence electrons. The van der Waals surface area contributed by atoms with Gasteiger partial charge in [0.05, 0.1) is 5.69 Å². The molecule has 2 rings (SSSR count). The summed E-state index contributed by atoms with van der Waals surface area (Å²) in [6.07, 6.45) is 0. The van der Waals surface area contributed by atoms with Gasteiger partial charge in [0.25, 0.3) is 0 Å². The molecule has 1 fully saturated rings. The van der Waals surface area contributed by atoms with Crippen molar-refractivity contribution in [1.29, 1.82) is 0 Å². The standard InChI is InChI=1S/C13H21N3O2S2/c1-13(2)9-16(6-7-19-13)11-5-4-10(14)8-12(11)20(17,18)15-3/h4-5,8,15H,6-7,9,14H2,1-3H3. The van der Waals surface area contributed by atoms with E-state index >= 15 is 0 Å². The van der Waals surface area contributed by atoms with Crippen molar-refractivity contribution < 1.29 is 8.42 Å². The Hall–Kier alpha value is -0.920. The maximum atomic E-state index is 12.2. The smallest absolute Gasteiger partial charge is 0.242 e. The van der Waals surface area contributed by atoms with E-state index in [9.17, 15) is 8.42 Å². The second-order valence-corrected chi connectivity index (χ2v) is 9.12. The average Bonchev–Trinajstić information content (AvgIpc) is 2.37. The zero-order valence-electron chi connectivity index (χ0n) is 12.0. The van der Waals surface area contributed by atoms with Gasteiger partial charge in [-0.3, -0.25) is 0 Å². The third kappa shape index (κ3) is 3.21. The molecule has 0 bridgehead atoms. The molecule has 1 aromatic rings. The van der Waals surface area contributed by atoms with Gasteiger partial charge >= 0.3 is 0 Å². The number of sulfonamides is 1. The summed E-state index contributed by atoms with van der Waals surface area (Å²) < 4.78 is 26.8. The number of anilines is 2. The van der Waals surface area contributed by atoms with Crippen LogP contribution < -0.4 is 15.4 Å². The molecule has 1 heterocycles. The molecule has 0 amide bonds. The highest BCUT2D eigenvalue weighted by Crippen LogP contribution is 2.35. The minimum absolute atomic E-state index is 0.111. The summed E-state index contributed by atoms with van der Waals surface area (Å²) in [6, 6.07) is 5.07. The van der Waals surface area contributed by atoms with Crippen molar-refractivity contribution in [3.63, 3.8) is 0 Å². The van der Waals surface area contributed by atoms with Crippen LogP contribution in [0.25, 0.3) is 0 Å². The maximum absolute atomic E-state index is 12.2. The van der Waals surface area contributed by atoms with E-state index < -0.39 is 10.0 Å². The molecule has 0 unspecified atom stereocenters. The largest absolute Gasteiger partial charge is 0.399 e. The van der Waals surface area contributed by atoms with Gasteiger partial charge in [-0.05, 0) is 39.1 Å². The van der Waals surface area contributed by atoms with E-state index in [1.165, 1.54) is 13.1 Å². The van der Waals surface area contributed by atoms with Crippen molar-refractivity contribution in [3.8, 4) is 0 Å². The number of hydrogen-bond donors (Lipinski definition) is 2. The third-order valence-corrected chi connectivity index (χ3v) is 6.05. The SMILES string of the molecule is CNS(=O)(=O)c1cc(N)ccc1N1CCSC(C)(C)C1. The summed E-state index contributed by atoms with van der Waals surface area (Å²) in [5.41, 5.74) is 6.92. The van der Waals surface area contributed by atoms with E-state index in [2.05, 4.69) is 23.5 Å². The Labute approximate surface area is 125 Å². The summed E-state index contributed by atoms with van der Waals surface area (Å²) in [6.45, 7) is 6.00. The van der Waals surface area contributed by atoms with Gasteiger partial charge in [-0.25, -0.2) is 13.1 Å². The quantitative estimate of drug-likeness (QED) is 0.827. The fourth-order valence-corrected chi connectivity index (χ4v) is 4.43. The molecule has 5 nitrogen and oxygen atoms in total. The average molecular weight is 315 g/mol. The van der Waals surface area contributed by atoms with Crippen molar-refractivity contribution in [3.05, 3.63) is 18.2 Å². The van der Waals surface area contributed by atoms with Gasteiger partial charge in [-0.1, -0.05) is 0 Å². The van der Waals surface area contributed by atoms with E-state index in [0.29, 0.717) is 5.69 Å². The molecule has 1 aliphatic rings. The van der Waals surface area contributed by atoms with Crippen LogP contribution in [0.4, 0.5) is 11.4 Å². The normalized spacial score (nSPS) is 19.1. The van der Waals surface area contributed by atoms with Gasteiger partial charge in [-0.2, -0.15) is 11.8 Å². The van der Waals surface area contributed by atoms with Crippen molar-refractivity contribution >= 4 is 33.2 Å². The van der Waals surface area contributed by atoms with Crippen molar-refractivity contribution in [2.45, 2.75) is 23.5 Å². The molecule has 7 heteroatoms. The lowest BCUT2D eigenvalue weighted by atomic mass is 10.1. The first kappa shape index (κ1) is 15.5. The Balaban J connectivity index is 2.47. The summed E-state index contributed by atoms with van der Waals surface area (Å²) in [5, 5.41) is 0. The van der Waals surface area contributed by atoms with E-state index in [1.54, 1.807) is 12.1 Å². The van der Waals surface area contributed by atoms with Gasteiger partial charge in [0, 0.05) is 29.3 Å². The minimum atomic E-state index is -3.52. The summed E-state index contributed by atoms with van der Waals surface area (Å²) in [4.78, 5) is 2.38. The number of nitrogens with two attached hydrogens (primary N) is 1. The molecule has 20 heavy (non-hydrogen) atoms. The minimum Gasteiger partial charge on any atom is -0.399 e. The molecule has 0 aromatic heterocycles. The van der Waals surface area contributed by atoms with Gasteiger partial charge in [0.15, 0.2) is 0 Å². The molecule has 0 atom stereocenters. The Morgan fingerprint density at radius 3 is 2.70 bits per heavy atom. The maximum Gasteiger partial charge on any atom is 0.242 e. The lowest BCUT2D eigenvalue weighted by Gasteiger charge is -2.39. The molecule has 0 radical (unpaired) electrons. The summed E-state index contributed by atoms with van der Waals surface area (Å²) in [7, 11) is -2.10. The number of rotatable bonds is 3. The zero-order valence-corrected chi connectivity index (χ0v) is 13.6. The van der Waals surface area contributed by atoms with Crippen LogP contribution in [-0.2, 0) is 10.0 Å². The van der Waals surface area contributed by atoms with Crippen LogP contribution in [0, 0.1) is 0 Å².